The van der Waals surface area contributed by atoms with Crippen molar-refractivity contribution in [2.75, 3.05) is 12.3 Å². The second-order valence-corrected chi connectivity index (χ2v) is 6.54. The van der Waals surface area contributed by atoms with Crippen molar-refractivity contribution in [3.63, 3.8) is 0 Å². The third-order valence-electron chi connectivity index (χ3n) is 3.01. The molecule has 4 heteroatoms. The third-order valence-corrected chi connectivity index (χ3v) is 4.18. The molecule has 0 atom stereocenters. The number of aryl methyl sites for hydroxylation is 2. The van der Waals surface area contributed by atoms with Crippen molar-refractivity contribution in [2.45, 2.75) is 45.1 Å². The van der Waals surface area contributed by atoms with Gasteiger partial charge in [-0.1, -0.05) is 20.3 Å². The van der Waals surface area contributed by atoms with Gasteiger partial charge in [-0.3, -0.25) is 4.68 Å². The zero-order valence-corrected chi connectivity index (χ0v) is 12.3. The lowest BCUT2D eigenvalue weighted by atomic mass is 9.88. The summed E-state index contributed by atoms with van der Waals surface area (Å²) >= 11 is 1.90. The van der Waals surface area contributed by atoms with Crippen LogP contribution in [0, 0.1) is 12.3 Å². The van der Waals surface area contributed by atoms with Crippen LogP contribution in [0.15, 0.2) is 11.1 Å². The zero-order chi connectivity index (χ0) is 12.9. The number of aromatic nitrogens is 2. The van der Waals surface area contributed by atoms with Crippen molar-refractivity contribution in [1.82, 2.24) is 9.78 Å². The summed E-state index contributed by atoms with van der Waals surface area (Å²) in [5, 5.41) is 5.61. The smallest absolute Gasteiger partial charge is 0.0939 e. The molecule has 0 bridgehead atoms. The van der Waals surface area contributed by atoms with Gasteiger partial charge in [-0.15, -0.1) is 11.8 Å². The topological polar surface area (TPSA) is 43.8 Å². The van der Waals surface area contributed by atoms with Crippen molar-refractivity contribution in [3.8, 4) is 0 Å². The summed E-state index contributed by atoms with van der Waals surface area (Å²) in [5.74, 6) is 1.17. The first-order chi connectivity index (χ1) is 7.94. The molecule has 0 aromatic carbocycles. The summed E-state index contributed by atoms with van der Waals surface area (Å²) in [6.07, 6.45) is 3.72. The van der Waals surface area contributed by atoms with Gasteiger partial charge in [-0.2, -0.15) is 5.10 Å². The molecule has 98 valence electrons. The van der Waals surface area contributed by atoms with E-state index in [1.54, 1.807) is 0 Å². The van der Waals surface area contributed by atoms with Crippen molar-refractivity contribution in [2.24, 2.45) is 18.2 Å². The molecule has 17 heavy (non-hydrogen) atoms. The summed E-state index contributed by atoms with van der Waals surface area (Å²) < 4.78 is 1.96. The number of nitrogens with zero attached hydrogens (tertiary/aromatic N) is 2. The fraction of sp³-hybridized carbons (Fsp3) is 0.769. The molecular formula is C13H25N3S. The molecule has 1 rings (SSSR count). The molecule has 2 N–H and O–H groups in total. The highest BCUT2D eigenvalue weighted by molar-refractivity contribution is 7.99. The Labute approximate surface area is 109 Å². The van der Waals surface area contributed by atoms with Crippen LogP contribution in [0.2, 0.25) is 0 Å². The minimum atomic E-state index is 0.299. The molecular weight excluding hydrogens is 230 g/mol. The van der Waals surface area contributed by atoms with Crippen LogP contribution >= 0.6 is 11.8 Å². The molecule has 1 aromatic heterocycles. The van der Waals surface area contributed by atoms with E-state index in [2.05, 4.69) is 25.0 Å². The molecule has 0 saturated carbocycles. The van der Waals surface area contributed by atoms with E-state index >= 15 is 0 Å². The van der Waals surface area contributed by atoms with Gasteiger partial charge in [0, 0.05) is 7.05 Å². The first kappa shape index (κ1) is 14.6. The lowest BCUT2D eigenvalue weighted by molar-refractivity contribution is 0.336. The molecule has 0 unspecified atom stereocenters. The fourth-order valence-corrected chi connectivity index (χ4v) is 2.75. The molecule has 0 radical (unpaired) electrons. The Hall–Kier alpha value is -0.480. The van der Waals surface area contributed by atoms with Crippen LogP contribution in [-0.4, -0.2) is 22.1 Å². The molecule has 0 aliphatic carbocycles. The maximum Gasteiger partial charge on any atom is 0.0939 e. The highest BCUT2D eigenvalue weighted by Crippen LogP contribution is 2.24. The first-order valence-corrected chi connectivity index (χ1v) is 7.27. The minimum Gasteiger partial charge on any atom is -0.330 e. The Morgan fingerprint density at radius 2 is 2.12 bits per heavy atom. The maximum atomic E-state index is 5.72. The van der Waals surface area contributed by atoms with E-state index in [-0.39, 0.29) is 0 Å². The second-order valence-electron chi connectivity index (χ2n) is 5.42. The Morgan fingerprint density at radius 3 is 2.65 bits per heavy atom. The molecule has 0 amide bonds. The van der Waals surface area contributed by atoms with Gasteiger partial charge in [0.1, 0.15) is 0 Å². The van der Waals surface area contributed by atoms with E-state index in [9.17, 15) is 0 Å². The van der Waals surface area contributed by atoms with Crippen molar-refractivity contribution in [3.05, 3.63) is 11.8 Å². The normalized spacial score (nSPS) is 12.1. The first-order valence-electron chi connectivity index (χ1n) is 6.28. The van der Waals surface area contributed by atoms with Gasteiger partial charge in [0.2, 0.25) is 0 Å². The van der Waals surface area contributed by atoms with Crippen molar-refractivity contribution < 1.29 is 0 Å². The number of hydrogen-bond acceptors (Lipinski definition) is 3. The van der Waals surface area contributed by atoms with Gasteiger partial charge in [0.25, 0.3) is 0 Å². The van der Waals surface area contributed by atoms with Gasteiger partial charge in [0.05, 0.1) is 10.7 Å². The molecule has 0 spiro atoms. The number of unbranched alkanes of at least 4 members (excludes halogenated alkanes) is 1. The van der Waals surface area contributed by atoms with Crippen LogP contribution in [0.4, 0.5) is 0 Å². The summed E-state index contributed by atoms with van der Waals surface area (Å²) in [5.41, 5.74) is 7.11. The fourth-order valence-electron chi connectivity index (χ4n) is 1.71. The number of nitrogens with two attached hydrogens (primary N) is 1. The SMILES string of the molecule is Cc1cc(SCCCCC(C)(C)CN)n(C)n1. The van der Waals surface area contributed by atoms with Gasteiger partial charge < -0.3 is 5.73 Å². The molecule has 3 nitrogen and oxygen atoms in total. The largest absolute Gasteiger partial charge is 0.330 e. The average molecular weight is 255 g/mol. The monoisotopic (exact) mass is 255 g/mol. The Kier molecular flexibility index (Phi) is 5.53. The average Bonchev–Trinajstić information content (AvgIpc) is 2.57. The second kappa shape index (κ2) is 6.45. The van der Waals surface area contributed by atoms with E-state index in [0.717, 1.165) is 12.2 Å². The van der Waals surface area contributed by atoms with Crippen molar-refractivity contribution >= 4 is 11.8 Å². The molecule has 1 heterocycles. The Morgan fingerprint density at radius 1 is 1.41 bits per heavy atom. The van der Waals surface area contributed by atoms with E-state index in [4.69, 9.17) is 5.73 Å². The van der Waals surface area contributed by atoms with Gasteiger partial charge >= 0.3 is 0 Å². The standard InChI is InChI=1S/C13H25N3S/c1-11-9-12(16(4)15-11)17-8-6-5-7-13(2,3)10-14/h9H,5-8,10,14H2,1-4H3. The van der Waals surface area contributed by atoms with Gasteiger partial charge in [0.15, 0.2) is 0 Å². The van der Waals surface area contributed by atoms with Crippen LogP contribution in [0.5, 0.6) is 0 Å². The minimum absolute atomic E-state index is 0.299. The molecule has 0 aliphatic heterocycles. The lowest BCUT2D eigenvalue weighted by Crippen LogP contribution is -2.23. The molecule has 0 fully saturated rings. The van der Waals surface area contributed by atoms with Crippen LogP contribution in [0.3, 0.4) is 0 Å². The van der Waals surface area contributed by atoms with E-state index in [0.29, 0.717) is 5.41 Å². The number of hydrogen-bond donors (Lipinski definition) is 1. The number of thioether (sulfide) groups is 1. The van der Waals surface area contributed by atoms with E-state index in [1.807, 2.05) is 30.4 Å². The quantitative estimate of drug-likeness (QED) is 0.602. The number of rotatable bonds is 7. The van der Waals surface area contributed by atoms with Gasteiger partial charge in [-0.05, 0) is 43.5 Å². The Balaban J connectivity index is 2.19. The van der Waals surface area contributed by atoms with Crippen LogP contribution < -0.4 is 5.73 Å². The highest BCUT2D eigenvalue weighted by atomic mass is 32.2. The predicted octanol–water partition coefficient (Wildman–Crippen LogP) is 2.98. The van der Waals surface area contributed by atoms with Crippen LogP contribution in [-0.2, 0) is 7.05 Å². The molecule has 1 aromatic rings. The summed E-state index contributed by atoms with van der Waals surface area (Å²) in [4.78, 5) is 0. The van der Waals surface area contributed by atoms with E-state index in [1.165, 1.54) is 30.0 Å². The summed E-state index contributed by atoms with van der Waals surface area (Å²) in [7, 11) is 2.01. The van der Waals surface area contributed by atoms with Crippen LogP contribution in [0.1, 0.15) is 38.8 Å². The summed E-state index contributed by atoms with van der Waals surface area (Å²) in [6, 6.07) is 2.15. The summed E-state index contributed by atoms with van der Waals surface area (Å²) in [6.45, 7) is 7.30. The van der Waals surface area contributed by atoms with E-state index < -0.39 is 0 Å². The Bertz CT molecular complexity index is 344. The molecule has 0 saturated heterocycles. The predicted molar refractivity (Wildman–Crippen MR) is 75.4 cm³/mol. The lowest BCUT2D eigenvalue weighted by Gasteiger charge is -2.21. The van der Waals surface area contributed by atoms with Gasteiger partial charge in [-0.25, -0.2) is 0 Å². The third kappa shape index (κ3) is 5.13. The maximum absolute atomic E-state index is 5.72. The zero-order valence-electron chi connectivity index (χ0n) is 11.5. The van der Waals surface area contributed by atoms with Crippen molar-refractivity contribution in [1.29, 1.82) is 0 Å². The molecule has 0 aliphatic rings. The highest BCUT2D eigenvalue weighted by Gasteiger charge is 2.14. The van der Waals surface area contributed by atoms with Crippen LogP contribution in [0.25, 0.3) is 0 Å².